The van der Waals surface area contributed by atoms with Crippen LogP contribution in [0.15, 0.2) is 41.3 Å². The SMILES string of the molecule is COc1ccc(CC(=O)N2CCc3ccc([N+](=O)[O-])cc32)cc1S(=O)(=O)N1CCOCC1. The number of carbonyl (C=O) groups excluding carboxylic acids is 1. The van der Waals surface area contributed by atoms with E-state index in [1.807, 2.05) is 0 Å². The molecule has 0 aromatic heterocycles. The maximum atomic E-state index is 13.2. The minimum absolute atomic E-state index is 0.00431. The van der Waals surface area contributed by atoms with E-state index >= 15 is 0 Å². The number of fused-ring (bicyclic) bond motifs is 1. The molecule has 2 aliphatic heterocycles. The van der Waals surface area contributed by atoms with Crippen LogP contribution in [0.3, 0.4) is 0 Å². The Morgan fingerprint density at radius 2 is 1.91 bits per heavy atom. The van der Waals surface area contributed by atoms with E-state index in [0.717, 1.165) is 5.56 Å². The lowest BCUT2D eigenvalue weighted by molar-refractivity contribution is -0.384. The lowest BCUT2D eigenvalue weighted by Crippen LogP contribution is -2.40. The molecule has 2 heterocycles. The van der Waals surface area contributed by atoms with E-state index in [9.17, 15) is 23.3 Å². The highest BCUT2D eigenvalue weighted by molar-refractivity contribution is 7.89. The van der Waals surface area contributed by atoms with E-state index in [1.54, 1.807) is 18.2 Å². The average molecular weight is 461 g/mol. The number of nitrogens with zero attached hydrogens (tertiary/aromatic N) is 3. The van der Waals surface area contributed by atoms with Crippen LogP contribution in [-0.4, -0.2) is 63.5 Å². The smallest absolute Gasteiger partial charge is 0.271 e. The lowest BCUT2D eigenvalue weighted by atomic mass is 10.1. The van der Waals surface area contributed by atoms with Gasteiger partial charge in [0.25, 0.3) is 5.69 Å². The number of ether oxygens (including phenoxy) is 2. The zero-order valence-corrected chi connectivity index (χ0v) is 18.3. The summed E-state index contributed by atoms with van der Waals surface area (Å²) < 4.78 is 38.2. The van der Waals surface area contributed by atoms with Crippen LogP contribution in [0.4, 0.5) is 11.4 Å². The summed E-state index contributed by atoms with van der Waals surface area (Å²) in [7, 11) is -2.42. The van der Waals surface area contributed by atoms with E-state index in [-0.39, 0.29) is 41.7 Å². The van der Waals surface area contributed by atoms with Gasteiger partial charge in [-0.2, -0.15) is 4.31 Å². The Hall–Kier alpha value is -3.02. The molecule has 0 saturated carbocycles. The van der Waals surface area contributed by atoms with Gasteiger partial charge in [0, 0.05) is 31.8 Å². The number of benzene rings is 2. The van der Waals surface area contributed by atoms with Crippen LogP contribution in [0.2, 0.25) is 0 Å². The van der Waals surface area contributed by atoms with Gasteiger partial charge < -0.3 is 14.4 Å². The summed E-state index contributed by atoms with van der Waals surface area (Å²) in [5.74, 6) is -0.0565. The molecule has 32 heavy (non-hydrogen) atoms. The third-order valence-corrected chi connectivity index (χ3v) is 7.57. The van der Waals surface area contributed by atoms with Gasteiger partial charge in [0.05, 0.1) is 37.4 Å². The van der Waals surface area contributed by atoms with Crippen molar-refractivity contribution < 1.29 is 27.6 Å². The molecule has 0 spiro atoms. The van der Waals surface area contributed by atoms with Crippen LogP contribution in [0, 0.1) is 10.1 Å². The summed E-state index contributed by atoms with van der Waals surface area (Å²) in [5.41, 5.74) is 1.83. The van der Waals surface area contributed by atoms with Crippen LogP contribution < -0.4 is 9.64 Å². The Morgan fingerprint density at radius 1 is 1.16 bits per heavy atom. The average Bonchev–Trinajstić information content (AvgIpc) is 3.23. The lowest BCUT2D eigenvalue weighted by Gasteiger charge is -2.27. The van der Waals surface area contributed by atoms with Crippen molar-refractivity contribution in [2.75, 3.05) is 44.9 Å². The van der Waals surface area contributed by atoms with E-state index < -0.39 is 14.9 Å². The van der Waals surface area contributed by atoms with Crippen LogP contribution in [0.25, 0.3) is 0 Å². The van der Waals surface area contributed by atoms with E-state index in [0.29, 0.717) is 37.4 Å². The molecule has 0 N–H and O–H groups in total. The number of nitro groups is 1. The van der Waals surface area contributed by atoms with Gasteiger partial charge in [-0.05, 0) is 29.7 Å². The Balaban J connectivity index is 1.60. The van der Waals surface area contributed by atoms with Gasteiger partial charge in [-0.15, -0.1) is 0 Å². The molecule has 1 fully saturated rings. The van der Waals surface area contributed by atoms with E-state index in [4.69, 9.17) is 9.47 Å². The second kappa shape index (κ2) is 8.85. The highest BCUT2D eigenvalue weighted by Crippen LogP contribution is 2.33. The quantitative estimate of drug-likeness (QED) is 0.475. The number of rotatable bonds is 6. The first-order valence-electron chi connectivity index (χ1n) is 10.1. The third kappa shape index (κ3) is 4.18. The predicted molar refractivity (Wildman–Crippen MR) is 115 cm³/mol. The Kier molecular flexibility index (Phi) is 6.13. The van der Waals surface area contributed by atoms with Gasteiger partial charge in [0.2, 0.25) is 15.9 Å². The number of sulfonamides is 1. The molecule has 0 radical (unpaired) electrons. The molecule has 0 aliphatic carbocycles. The number of hydrogen-bond acceptors (Lipinski definition) is 7. The minimum Gasteiger partial charge on any atom is -0.495 e. The van der Waals surface area contributed by atoms with Crippen molar-refractivity contribution in [3.8, 4) is 5.75 Å². The number of morpholine rings is 1. The van der Waals surface area contributed by atoms with Crippen molar-refractivity contribution in [3.05, 3.63) is 57.6 Å². The van der Waals surface area contributed by atoms with Crippen molar-refractivity contribution in [1.29, 1.82) is 0 Å². The monoisotopic (exact) mass is 461 g/mol. The van der Waals surface area contributed by atoms with Gasteiger partial charge in [-0.25, -0.2) is 8.42 Å². The maximum absolute atomic E-state index is 13.2. The number of carbonyl (C=O) groups is 1. The van der Waals surface area contributed by atoms with Crippen LogP contribution in [0.5, 0.6) is 5.75 Å². The molecular weight excluding hydrogens is 438 g/mol. The van der Waals surface area contributed by atoms with Gasteiger partial charge in [-0.3, -0.25) is 14.9 Å². The van der Waals surface area contributed by atoms with Gasteiger partial charge in [0.15, 0.2) is 0 Å². The topological polar surface area (TPSA) is 119 Å². The molecule has 0 bridgehead atoms. The fourth-order valence-electron chi connectivity index (χ4n) is 3.97. The molecule has 1 amide bonds. The Morgan fingerprint density at radius 3 is 2.59 bits per heavy atom. The first-order chi connectivity index (χ1) is 15.3. The maximum Gasteiger partial charge on any atom is 0.271 e. The number of anilines is 1. The third-order valence-electron chi connectivity index (χ3n) is 5.65. The first kappa shape index (κ1) is 22.2. The molecular formula is C21H23N3O7S. The second-order valence-electron chi connectivity index (χ2n) is 7.54. The minimum atomic E-state index is -3.82. The number of amides is 1. The van der Waals surface area contributed by atoms with Crippen molar-refractivity contribution in [2.45, 2.75) is 17.7 Å². The molecule has 4 rings (SSSR count). The normalized spacial score (nSPS) is 16.6. The highest BCUT2D eigenvalue weighted by Gasteiger charge is 2.31. The summed E-state index contributed by atoms with van der Waals surface area (Å²) >= 11 is 0. The zero-order chi connectivity index (χ0) is 22.9. The molecule has 0 atom stereocenters. The van der Waals surface area contributed by atoms with Crippen molar-refractivity contribution in [2.24, 2.45) is 0 Å². The van der Waals surface area contributed by atoms with Crippen LogP contribution in [-0.2, 0) is 32.4 Å². The van der Waals surface area contributed by atoms with Crippen molar-refractivity contribution in [1.82, 2.24) is 4.31 Å². The van der Waals surface area contributed by atoms with E-state index in [1.165, 1.54) is 34.5 Å². The number of methoxy groups -OCH3 is 1. The number of non-ortho nitro benzene ring substituents is 1. The fraction of sp³-hybridized carbons (Fsp3) is 0.381. The van der Waals surface area contributed by atoms with Crippen LogP contribution >= 0.6 is 0 Å². The Bertz CT molecular complexity index is 1160. The molecule has 11 heteroatoms. The number of hydrogen-bond donors (Lipinski definition) is 0. The Labute approximate surface area is 185 Å². The largest absolute Gasteiger partial charge is 0.495 e. The molecule has 170 valence electrons. The summed E-state index contributed by atoms with van der Waals surface area (Å²) in [6, 6.07) is 9.16. The van der Waals surface area contributed by atoms with Gasteiger partial charge >= 0.3 is 0 Å². The number of nitro benzene ring substituents is 1. The summed E-state index contributed by atoms with van der Waals surface area (Å²) in [6.07, 6.45) is 0.566. The standard InChI is InChI=1S/C21H23N3O7S/c1-30-19-5-2-15(12-20(19)32(28,29)22-8-10-31-11-9-22)13-21(25)23-7-6-16-3-4-17(24(26)27)14-18(16)23/h2-5,12,14H,6-11,13H2,1H3. The van der Waals surface area contributed by atoms with Gasteiger partial charge in [-0.1, -0.05) is 12.1 Å². The molecule has 1 saturated heterocycles. The van der Waals surface area contributed by atoms with Gasteiger partial charge in [0.1, 0.15) is 10.6 Å². The fourth-order valence-corrected chi connectivity index (χ4v) is 5.58. The van der Waals surface area contributed by atoms with E-state index in [2.05, 4.69) is 0 Å². The second-order valence-corrected chi connectivity index (χ2v) is 9.45. The van der Waals surface area contributed by atoms with Crippen molar-refractivity contribution in [3.63, 3.8) is 0 Å². The molecule has 2 aromatic rings. The zero-order valence-electron chi connectivity index (χ0n) is 17.5. The van der Waals surface area contributed by atoms with Crippen LogP contribution in [0.1, 0.15) is 11.1 Å². The molecule has 0 unspecified atom stereocenters. The summed E-state index contributed by atoms with van der Waals surface area (Å²) in [4.78, 5) is 25.2. The highest BCUT2D eigenvalue weighted by atomic mass is 32.2. The molecule has 10 nitrogen and oxygen atoms in total. The summed E-state index contributed by atoms with van der Waals surface area (Å²) in [5, 5.41) is 11.1. The molecule has 2 aromatic carbocycles. The first-order valence-corrected chi connectivity index (χ1v) is 11.6. The van der Waals surface area contributed by atoms with Crippen molar-refractivity contribution >= 4 is 27.3 Å². The molecule has 2 aliphatic rings. The summed E-state index contributed by atoms with van der Waals surface area (Å²) in [6.45, 7) is 1.56. The predicted octanol–water partition coefficient (Wildman–Crippen LogP) is 1.76.